The molecule has 0 aliphatic rings. The Balaban J connectivity index is 1.75. The minimum absolute atomic E-state index is 0.0590. The van der Waals surface area contributed by atoms with E-state index in [1.165, 1.54) is 3.56 Å². The normalized spacial score (nSPS) is 12.9. The summed E-state index contributed by atoms with van der Waals surface area (Å²) in [4.78, 5) is 24.8. The van der Waals surface area contributed by atoms with E-state index in [0.717, 1.165) is 8.52 Å². The summed E-state index contributed by atoms with van der Waals surface area (Å²) in [6, 6.07) is 14.9. The van der Waals surface area contributed by atoms with E-state index in [9.17, 15) is 14.7 Å². The van der Waals surface area contributed by atoms with Crippen LogP contribution in [0.1, 0.15) is 6.23 Å². The SMILES string of the molecule is O=c1c2ccccc2[se]n1CC(O)n1[se]c2ccccc2c1=O. The van der Waals surface area contributed by atoms with Crippen molar-refractivity contribution in [2.45, 2.75) is 12.8 Å². The zero-order chi connectivity index (χ0) is 16.0. The van der Waals surface area contributed by atoms with E-state index >= 15 is 0 Å². The Labute approximate surface area is 143 Å². The molecule has 1 N–H and O–H groups in total. The van der Waals surface area contributed by atoms with Crippen LogP contribution in [0.25, 0.3) is 19.3 Å². The van der Waals surface area contributed by atoms with Crippen LogP contribution in [0.3, 0.4) is 0 Å². The first-order chi connectivity index (χ1) is 11.1. The molecule has 0 bridgehead atoms. The number of rotatable bonds is 3. The zero-order valence-electron chi connectivity index (χ0n) is 11.9. The molecule has 0 aliphatic heterocycles. The van der Waals surface area contributed by atoms with Crippen molar-refractivity contribution in [1.29, 1.82) is 0 Å². The molecule has 0 saturated carbocycles. The Morgan fingerprint density at radius 3 is 2.04 bits per heavy atom. The molecule has 0 amide bonds. The van der Waals surface area contributed by atoms with E-state index in [1.807, 2.05) is 42.5 Å². The molecule has 1 atom stereocenters. The van der Waals surface area contributed by atoms with Crippen LogP contribution < -0.4 is 11.1 Å². The van der Waals surface area contributed by atoms with Crippen molar-refractivity contribution in [2.24, 2.45) is 0 Å². The summed E-state index contributed by atoms with van der Waals surface area (Å²) < 4.78 is 5.16. The van der Waals surface area contributed by atoms with Crippen LogP contribution in [-0.2, 0) is 6.54 Å². The van der Waals surface area contributed by atoms with Crippen LogP contribution in [-0.4, -0.2) is 41.7 Å². The fraction of sp³-hybridized carbons (Fsp3) is 0.125. The Morgan fingerprint density at radius 2 is 1.43 bits per heavy atom. The first-order valence-corrected chi connectivity index (χ1v) is 10.3. The molecule has 4 aromatic rings. The molecule has 0 saturated heterocycles. The van der Waals surface area contributed by atoms with Crippen LogP contribution in [0, 0.1) is 0 Å². The van der Waals surface area contributed by atoms with Gasteiger partial charge in [0.2, 0.25) is 0 Å². The van der Waals surface area contributed by atoms with Crippen LogP contribution in [0.15, 0.2) is 58.1 Å². The summed E-state index contributed by atoms with van der Waals surface area (Å²) in [6.45, 7) is 0.162. The van der Waals surface area contributed by atoms with Gasteiger partial charge in [0.25, 0.3) is 0 Å². The topological polar surface area (TPSA) is 64.2 Å². The van der Waals surface area contributed by atoms with Gasteiger partial charge in [0.1, 0.15) is 0 Å². The molecule has 0 spiro atoms. The van der Waals surface area contributed by atoms with Gasteiger partial charge in [-0.3, -0.25) is 0 Å². The van der Waals surface area contributed by atoms with Crippen molar-refractivity contribution >= 4 is 48.8 Å². The average molecular weight is 438 g/mol. The maximum atomic E-state index is 12.4. The van der Waals surface area contributed by atoms with E-state index in [1.54, 1.807) is 9.63 Å². The minimum atomic E-state index is -0.963. The molecule has 7 heteroatoms. The third-order valence-electron chi connectivity index (χ3n) is 3.67. The van der Waals surface area contributed by atoms with Crippen LogP contribution >= 0.6 is 0 Å². The van der Waals surface area contributed by atoms with Gasteiger partial charge in [-0.15, -0.1) is 0 Å². The summed E-state index contributed by atoms with van der Waals surface area (Å²) in [5.74, 6) is 0. The fourth-order valence-electron chi connectivity index (χ4n) is 2.55. The molecule has 23 heavy (non-hydrogen) atoms. The molecular weight excluding hydrogens is 426 g/mol. The number of hydrogen-bond donors (Lipinski definition) is 1. The summed E-state index contributed by atoms with van der Waals surface area (Å²) in [5, 5.41) is 11.9. The molecule has 116 valence electrons. The molecule has 2 aromatic carbocycles. The van der Waals surface area contributed by atoms with Gasteiger partial charge >= 0.3 is 143 Å². The molecule has 1 unspecified atom stereocenters. The molecule has 0 aliphatic carbocycles. The van der Waals surface area contributed by atoms with Crippen LogP contribution in [0.4, 0.5) is 0 Å². The van der Waals surface area contributed by atoms with E-state index in [0.29, 0.717) is 10.8 Å². The summed E-state index contributed by atoms with van der Waals surface area (Å²) >= 11 is -0.382. The van der Waals surface area contributed by atoms with Gasteiger partial charge < -0.3 is 0 Å². The number of aliphatic hydroxyl groups is 1. The van der Waals surface area contributed by atoms with E-state index in [-0.39, 0.29) is 47.1 Å². The van der Waals surface area contributed by atoms with Crippen LogP contribution in [0.5, 0.6) is 0 Å². The third-order valence-corrected chi connectivity index (χ3v) is 8.38. The second kappa shape index (κ2) is 5.78. The van der Waals surface area contributed by atoms with Crippen molar-refractivity contribution < 1.29 is 5.11 Å². The Kier molecular flexibility index (Phi) is 3.76. The second-order valence-electron chi connectivity index (χ2n) is 5.15. The Hall–Kier alpha value is -1.62. The van der Waals surface area contributed by atoms with Crippen molar-refractivity contribution in [2.75, 3.05) is 0 Å². The standard InChI is InChI=1S/C16H12N2O3Se2/c19-14(18-16(21)11-6-2-4-8-13(11)23-18)9-17-15(20)10-5-1-3-7-12(10)22-17/h1-8,14,19H,9H2. The zero-order valence-corrected chi connectivity index (χ0v) is 15.3. The number of fused-ring (bicyclic) bond motifs is 2. The van der Waals surface area contributed by atoms with Gasteiger partial charge in [0.15, 0.2) is 0 Å². The number of nitrogens with zero attached hydrogens (tertiary/aromatic N) is 2. The van der Waals surface area contributed by atoms with Crippen LogP contribution in [0.2, 0.25) is 0 Å². The van der Waals surface area contributed by atoms with Gasteiger partial charge in [-0.2, -0.15) is 0 Å². The predicted octanol–water partition coefficient (Wildman–Crippen LogP) is 0.621. The van der Waals surface area contributed by atoms with Gasteiger partial charge in [-0.05, 0) is 0 Å². The van der Waals surface area contributed by atoms with Crippen molar-refractivity contribution in [3.63, 3.8) is 0 Å². The molecule has 0 fully saturated rings. The van der Waals surface area contributed by atoms with E-state index < -0.39 is 6.23 Å². The molecular formula is C16H12N2O3Se2. The Bertz CT molecular complexity index is 1120. The van der Waals surface area contributed by atoms with Gasteiger partial charge in [-0.25, -0.2) is 0 Å². The molecule has 2 aromatic heterocycles. The second-order valence-corrected chi connectivity index (χ2v) is 9.51. The molecule has 0 radical (unpaired) electrons. The quantitative estimate of drug-likeness (QED) is 0.478. The number of benzene rings is 2. The maximum absolute atomic E-state index is 12.4. The fourth-order valence-corrected chi connectivity index (χ4v) is 6.73. The number of aromatic nitrogens is 2. The number of hydrogen-bond acceptors (Lipinski definition) is 3. The van der Waals surface area contributed by atoms with E-state index in [2.05, 4.69) is 0 Å². The van der Waals surface area contributed by atoms with Crippen molar-refractivity contribution in [3.05, 3.63) is 69.2 Å². The number of aliphatic hydroxyl groups excluding tert-OH is 1. The van der Waals surface area contributed by atoms with Crippen molar-refractivity contribution in [3.8, 4) is 0 Å². The predicted molar refractivity (Wildman–Crippen MR) is 91.6 cm³/mol. The third kappa shape index (κ3) is 2.51. The summed E-state index contributed by atoms with van der Waals surface area (Å²) in [7, 11) is 0. The Morgan fingerprint density at radius 1 is 0.870 bits per heavy atom. The first-order valence-electron chi connectivity index (χ1n) is 7.02. The molecule has 5 nitrogen and oxygen atoms in total. The molecule has 2 heterocycles. The monoisotopic (exact) mass is 440 g/mol. The van der Waals surface area contributed by atoms with Gasteiger partial charge in [-0.1, -0.05) is 0 Å². The summed E-state index contributed by atoms with van der Waals surface area (Å²) in [6.07, 6.45) is -0.963. The van der Waals surface area contributed by atoms with Gasteiger partial charge in [0, 0.05) is 0 Å². The van der Waals surface area contributed by atoms with Crippen molar-refractivity contribution in [1.82, 2.24) is 7.12 Å². The summed E-state index contributed by atoms with van der Waals surface area (Å²) in [5.41, 5.74) is -0.207. The van der Waals surface area contributed by atoms with E-state index in [4.69, 9.17) is 0 Å². The molecule has 4 rings (SSSR count). The van der Waals surface area contributed by atoms with Gasteiger partial charge in [0.05, 0.1) is 0 Å². The first kappa shape index (κ1) is 14.9. The average Bonchev–Trinajstić information content (AvgIpc) is 3.07.